The molecule has 0 aliphatic rings. The van der Waals surface area contributed by atoms with Crippen molar-refractivity contribution in [1.29, 1.82) is 0 Å². The van der Waals surface area contributed by atoms with Gasteiger partial charge in [0, 0.05) is 0 Å². The SMILES string of the molecule is CCN(CC)CC.FB(F)F. The quantitative estimate of drug-likeness (QED) is 0.585. The Morgan fingerprint density at radius 2 is 1.09 bits per heavy atom. The van der Waals surface area contributed by atoms with Crippen LogP contribution in [-0.4, -0.2) is 32.1 Å². The van der Waals surface area contributed by atoms with Crippen molar-refractivity contribution >= 4 is 7.54 Å². The van der Waals surface area contributed by atoms with Crippen molar-refractivity contribution in [2.45, 2.75) is 20.8 Å². The van der Waals surface area contributed by atoms with Crippen LogP contribution in [0.25, 0.3) is 0 Å². The number of hydrogen-bond acceptors (Lipinski definition) is 1. The first kappa shape index (κ1) is 13.4. The third kappa shape index (κ3) is 17.7. The highest BCUT2D eigenvalue weighted by molar-refractivity contribution is 6.33. The molecule has 0 amide bonds. The Bertz CT molecular complexity index is 60.6. The molecule has 0 bridgehead atoms. The van der Waals surface area contributed by atoms with E-state index in [2.05, 4.69) is 25.7 Å². The molecule has 0 N–H and O–H groups in total. The van der Waals surface area contributed by atoms with E-state index in [1.54, 1.807) is 0 Å². The Morgan fingerprint density at radius 3 is 1.09 bits per heavy atom. The zero-order valence-electron chi connectivity index (χ0n) is 7.28. The summed E-state index contributed by atoms with van der Waals surface area (Å²) in [6.07, 6.45) is 0. The number of halogens is 3. The minimum absolute atomic E-state index is 1.19. The van der Waals surface area contributed by atoms with E-state index in [1.807, 2.05) is 0 Å². The molecule has 0 aliphatic carbocycles. The summed E-state index contributed by atoms with van der Waals surface area (Å²) >= 11 is 0. The third-order valence-electron chi connectivity index (χ3n) is 1.34. The second-order valence-corrected chi connectivity index (χ2v) is 1.87. The normalized spacial score (nSPS) is 9.00. The molecule has 1 nitrogen and oxygen atoms in total. The van der Waals surface area contributed by atoms with Gasteiger partial charge in [-0.05, 0) is 19.6 Å². The van der Waals surface area contributed by atoms with Gasteiger partial charge in [0.05, 0.1) is 0 Å². The van der Waals surface area contributed by atoms with Crippen LogP contribution < -0.4 is 0 Å². The molecular formula is C6H15BF3N. The Hall–Kier alpha value is -0.185. The van der Waals surface area contributed by atoms with Gasteiger partial charge in [0.1, 0.15) is 0 Å². The van der Waals surface area contributed by atoms with Crippen LogP contribution >= 0.6 is 0 Å². The smallest absolute Gasteiger partial charge is 0.304 e. The molecular weight excluding hydrogens is 154 g/mol. The maximum atomic E-state index is 9.67. The van der Waals surface area contributed by atoms with Gasteiger partial charge in [-0.3, -0.25) is 12.9 Å². The molecule has 0 heterocycles. The minimum Gasteiger partial charge on any atom is -0.304 e. The van der Waals surface area contributed by atoms with E-state index < -0.39 is 7.54 Å². The molecule has 0 aliphatic heterocycles. The average Bonchev–Trinajstić information content (AvgIpc) is 1.90. The predicted octanol–water partition coefficient (Wildman–Crippen LogP) is 2.23. The molecule has 0 saturated carbocycles. The molecule has 5 heteroatoms. The molecule has 0 unspecified atom stereocenters. The van der Waals surface area contributed by atoms with Crippen LogP contribution in [0.4, 0.5) is 12.9 Å². The van der Waals surface area contributed by atoms with Crippen molar-refractivity contribution in [2.24, 2.45) is 0 Å². The van der Waals surface area contributed by atoms with Gasteiger partial charge in [-0.25, -0.2) is 0 Å². The predicted molar refractivity (Wildman–Crippen MR) is 42.5 cm³/mol. The Kier molecular flexibility index (Phi) is 12.0. The molecule has 0 aromatic heterocycles. The molecule has 0 rings (SSSR count). The summed E-state index contributed by atoms with van der Waals surface area (Å²) in [6, 6.07) is 0. The van der Waals surface area contributed by atoms with Crippen molar-refractivity contribution < 1.29 is 12.9 Å². The van der Waals surface area contributed by atoms with Crippen LogP contribution in [0.5, 0.6) is 0 Å². The Balaban J connectivity index is 0. The monoisotopic (exact) mass is 169 g/mol. The summed E-state index contributed by atoms with van der Waals surface area (Å²) in [5.41, 5.74) is 0. The second-order valence-electron chi connectivity index (χ2n) is 1.87. The summed E-state index contributed by atoms with van der Waals surface area (Å²) in [7, 11) is -3.67. The van der Waals surface area contributed by atoms with Crippen molar-refractivity contribution in [1.82, 2.24) is 4.90 Å². The minimum atomic E-state index is -3.67. The lowest BCUT2D eigenvalue weighted by Crippen LogP contribution is -2.21. The highest BCUT2D eigenvalue weighted by Crippen LogP contribution is 1.81. The van der Waals surface area contributed by atoms with Crippen LogP contribution in [0.3, 0.4) is 0 Å². The van der Waals surface area contributed by atoms with Crippen molar-refractivity contribution in [3.63, 3.8) is 0 Å². The summed E-state index contributed by atoms with van der Waals surface area (Å²) < 4.78 is 29.0. The molecule has 0 atom stereocenters. The lowest BCUT2D eigenvalue weighted by atomic mass is 10.5. The van der Waals surface area contributed by atoms with Gasteiger partial charge in [-0.15, -0.1) is 0 Å². The van der Waals surface area contributed by atoms with E-state index >= 15 is 0 Å². The Morgan fingerprint density at radius 1 is 0.909 bits per heavy atom. The first-order valence-electron chi connectivity index (χ1n) is 3.72. The lowest BCUT2D eigenvalue weighted by Gasteiger charge is -2.13. The van der Waals surface area contributed by atoms with E-state index in [9.17, 15) is 12.9 Å². The molecule has 0 aromatic rings. The van der Waals surface area contributed by atoms with Gasteiger partial charge in [0.25, 0.3) is 0 Å². The van der Waals surface area contributed by atoms with Crippen LogP contribution in [-0.2, 0) is 0 Å². The van der Waals surface area contributed by atoms with Crippen molar-refractivity contribution in [2.75, 3.05) is 19.6 Å². The molecule has 0 spiro atoms. The molecule has 0 fully saturated rings. The Labute approximate surface area is 66.8 Å². The van der Waals surface area contributed by atoms with Crippen LogP contribution in [0.1, 0.15) is 20.8 Å². The molecule has 11 heavy (non-hydrogen) atoms. The van der Waals surface area contributed by atoms with E-state index in [0.29, 0.717) is 0 Å². The molecule has 0 saturated heterocycles. The van der Waals surface area contributed by atoms with E-state index in [-0.39, 0.29) is 0 Å². The van der Waals surface area contributed by atoms with Gasteiger partial charge >= 0.3 is 7.54 Å². The molecule has 0 aromatic carbocycles. The number of nitrogens with zero attached hydrogens (tertiary/aromatic N) is 1. The van der Waals surface area contributed by atoms with Crippen molar-refractivity contribution in [3.05, 3.63) is 0 Å². The zero-order chi connectivity index (χ0) is 9.28. The van der Waals surface area contributed by atoms with Gasteiger partial charge in [-0.2, -0.15) is 0 Å². The molecule has 0 radical (unpaired) electrons. The summed E-state index contributed by atoms with van der Waals surface area (Å²) in [5, 5.41) is 0. The van der Waals surface area contributed by atoms with Gasteiger partial charge < -0.3 is 4.90 Å². The van der Waals surface area contributed by atoms with Crippen molar-refractivity contribution in [3.8, 4) is 0 Å². The first-order valence-corrected chi connectivity index (χ1v) is 3.72. The standard InChI is InChI=1S/C6H15N.BF3/c1-4-7(5-2)6-3;2-1(3)4/h4-6H2,1-3H3;. The summed E-state index contributed by atoms with van der Waals surface area (Å²) in [5.74, 6) is 0. The summed E-state index contributed by atoms with van der Waals surface area (Å²) in [4.78, 5) is 2.38. The zero-order valence-corrected chi connectivity index (χ0v) is 7.28. The second kappa shape index (κ2) is 9.81. The van der Waals surface area contributed by atoms with E-state index in [0.717, 1.165) is 0 Å². The lowest BCUT2D eigenvalue weighted by molar-refractivity contribution is 0.321. The first-order chi connectivity index (χ1) is 5.08. The highest BCUT2D eigenvalue weighted by Gasteiger charge is 2.06. The summed E-state index contributed by atoms with van der Waals surface area (Å²) in [6.45, 7) is 10.1. The number of rotatable bonds is 3. The van der Waals surface area contributed by atoms with Crippen LogP contribution in [0.15, 0.2) is 0 Å². The van der Waals surface area contributed by atoms with Gasteiger partial charge in [0.2, 0.25) is 0 Å². The van der Waals surface area contributed by atoms with Crippen LogP contribution in [0, 0.1) is 0 Å². The van der Waals surface area contributed by atoms with Gasteiger partial charge in [-0.1, -0.05) is 20.8 Å². The maximum Gasteiger partial charge on any atom is 0.762 e. The van der Waals surface area contributed by atoms with Crippen LogP contribution in [0.2, 0.25) is 0 Å². The van der Waals surface area contributed by atoms with E-state index in [4.69, 9.17) is 0 Å². The fourth-order valence-corrected chi connectivity index (χ4v) is 0.671. The number of hydrogen-bond donors (Lipinski definition) is 0. The highest BCUT2D eigenvalue weighted by atomic mass is 19.4. The van der Waals surface area contributed by atoms with Gasteiger partial charge in [0.15, 0.2) is 0 Å². The topological polar surface area (TPSA) is 3.24 Å². The largest absolute Gasteiger partial charge is 0.762 e. The fraction of sp³-hybridized carbons (Fsp3) is 1.00. The molecule has 68 valence electrons. The third-order valence-corrected chi connectivity index (χ3v) is 1.34. The average molecular weight is 169 g/mol. The maximum absolute atomic E-state index is 9.67. The fourth-order valence-electron chi connectivity index (χ4n) is 0.671. The van der Waals surface area contributed by atoms with E-state index in [1.165, 1.54) is 19.6 Å².